The molecule has 1 atom stereocenters. The van der Waals surface area contributed by atoms with E-state index in [1.807, 2.05) is 24.3 Å². The van der Waals surface area contributed by atoms with Crippen LogP contribution < -0.4 is 16.0 Å². The summed E-state index contributed by atoms with van der Waals surface area (Å²) in [6, 6.07) is 7.54. The maximum Gasteiger partial charge on any atom is 0.257 e. The third-order valence-electron chi connectivity index (χ3n) is 4.63. The molecule has 26 heavy (non-hydrogen) atoms. The number of thiophene rings is 1. The van der Waals surface area contributed by atoms with E-state index < -0.39 is 5.91 Å². The van der Waals surface area contributed by atoms with Crippen LogP contribution in [0.5, 0.6) is 0 Å². The number of carbonyl (C=O) groups is 2. The van der Waals surface area contributed by atoms with E-state index in [-0.39, 0.29) is 5.91 Å². The maximum atomic E-state index is 12.8. The minimum Gasteiger partial charge on any atom is -0.365 e. The molecule has 0 radical (unpaired) electrons. The van der Waals surface area contributed by atoms with Crippen LogP contribution >= 0.6 is 23.1 Å². The highest BCUT2D eigenvalue weighted by Gasteiger charge is 2.29. The lowest BCUT2D eigenvalue weighted by molar-refractivity contribution is -0.913. The fourth-order valence-corrected chi connectivity index (χ4v) is 5.41. The van der Waals surface area contributed by atoms with Gasteiger partial charge in [0.2, 0.25) is 0 Å². The molecule has 2 heterocycles. The zero-order valence-corrected chi connectivity index (χ0v) is 16.7. The van der Waals surface area contributed by atoms with Crippen LogP contribution in [0.25, 0.3) is 0 Å². The molecule has 1 aliphatic heterocycles. The first kappa shape index (κ1) is 18.9. The predicted molar refractivity (Wildman–Crippen MR) is 107 cm³/mol. The number of hydrogen-bond donors (Lipinski definition) is 3. The number of nitrogens with one attached hydrogen (secondary N) is 2. The molecule has 1 aromatic heterocycles. The Kier molecular flexibility index (Phi) is 6.01. The van der Waals surface area contributed by atoms with Crippen molar-refractivity contribution < 1.29 is 14.5 Å². The molecule has 0 bridgehead atoms. The van der Waals surface area contributed by atoms with Crippen LogP contribution in [0.15, 0.2) is 29.2 Å². The number of carbonyl (C=O) groups excluding carboxylic acids is 2. The lowest BCUT2D eigenvalue weighted by atomic mass is 10.0. The molecule has 5 nitrogen and oxygen atoms in total. The Morgan fingerprint density at radius 1 is 1.31 bits per heavy atom. The van der Waals surface area contributed by atoms with Crippen molar-refractivity contribution in [2.45, 2.75) is 31.7 Å². The fraction of sp³-hybridized carbons (Fsp3) is 0.368. The summed E-state index contributed by atoms with van der Waals surface area (Å²) in [5.74, 6) is 0.232. The average molecular weight is 391 g/mol. The second kappa shape index (κ2) is 8.24. The number of benzene rings is 1. The Hall–Kier alpha value is -1.83. The summed E-state index contributed by atoms with van der Waals surface area (Å²) in [6.45, 7) is 7.14. The predicted octanol–water partition coefficient (Wildman–Crippen LogP) is 2.17. The lowest BCUT2D eigenvalue weighted by Crippen LogP contribution is -3.11. The Morgan fingerprint density at radius 3 is 2.77 bits per heavy atom. The lowest BCUT2D eigenvalue weighted by Gasteiger charge is -2.22. The van der Waals surface area contributed by atoms with E-state index in [1.165, 1.54) is 16.2 Å². The van der Waals surface area contributed by atoms with Gasteiger partial charge in [-0.05, 0) is 30.4 Å². The zero-order chi connectivity index (χ0) is 18.7. The van der Waals surface area contributed by atoms with Gasteiger partial charge in [-0.2, -0.15) is 0 Å². The van der Waals surface area contributed by atoms with Crippen LogP contribution in [0.1, 0.15) is 45.0 Å². The van der Waals surface area contributed by atoms with Gasteiger partial charge in [0.15, 0.2) is 0 Å². The summed E-state index contributed by atoms with van der Waals surface area (Å²) in [4.78, 5) is 28.5. The molecule has 0 saturated carbocycles. The highest BCUT2D eigenvalue weighted by molar-refractivity contribution is 7.99. The van der Waals surface area contributed by atoms with E-state index in [2.05, 4.69) is 19.2 Å². The van der Waals surface area contributed by atoms with Gasteiger partial charge in [-0.3, -0.25) is 9.59 Å². The normalized spacial score (nSPS) is 16.2. The monoisotopic (exact) mass is 390 g/mol. The van der Waals surface area contributed by atoms with E-state index in [1.54, 1.807) is 11.8 Å². The standard InChI is InChI=1S/C19H23N3O2S2/c1-3-22-10-9-12-15(11-22)26-19(16(12)17(20)23)21-18(24)13-7-5-6-8-14(13)25-4-2/h5-8H,3-4,9-11H2,1-2H3,(H2,20,23)(H,21,24)/p+1. The van der Waals surface area contributed by atoms with Crippen LogP contribution in [0.3, 0.4) is 0 Å². The molecule has 2 aromatic rings. The van der Waals surface area contributed by atoms with Crippen molar-refractivity contribution in [1.82, 2.24) is 0 Å². The Bertz CT molecular complexity index is 832. The van der Waals surface area contributed by atoms with Crippen molar-refractivity contribution in [3.8, 4) is 0 Å². The Morgan fingerprint density at radius 2 is 2.08 bits per heavy atom. The van der Waals surface area contributed by atoms with Crippen molar-refractivity contribution in [1.29, 1.82) is 0 Å². The van der Waals surface area contributed by atoms with Gasteiger partial charge >= 0.3 is 0 Å². The smallest absolute Gasteiger partial charge is 0.257 e. The number of anilines is 1. The van der Waals surface area contributed by atoms with Gasteiger partial charge in [-0.25, -0.2) is 0 Å². The first-order valence-electron chi connectivity index (χ1n) is 8.86. The van der Waals surface area contributed by atoms with Crippen molar-refractivity contribution in [2.24, 2.45) is 5.73 Å². The van der Waals surface area contributed by atoms with Crippen LogP contribution in [0.4, 0.5) is 5.00 Å². The van der Waals surface area contributed by atoms with Crippen molar-refractivity contribution in [3.63, 3.8) is 0 Å². The van der Waals surface area contributed by atoms with Crippen molar-refractivity contribution in [2.75, 3.05) is 24.2 Å². The molecule has 1 aliphatic rings. The van der Waals surface area contributed by atoms with Gasteiger partial charge < -0.3 is 16.0 Å². The van der Waals surface area contributed by atoms with E-state index in [4.69, 9.17) is 5.73 Å². The first-order valence-corrected chi connectivity index (χ1v) is 10.7. The molecule has 0 aliphatic carbocycles. The van der Waals surface area contributed by atoms with E-state index in [9.17, 15) is 9.59 Å². The number of amides is 2. The maximum absolute atomic E-state index is 12.8. The molecular formula is C19H24N3O2S2+. The number of nitrogens with two attached hydrogens (primary N) is 1. The second-order valence-electron chi connectivity index (χ2n) is 6.24. The number of thioether (sulfide) groups is 1. The molecular weight excluding hydrogens is 366 g/mol. The van der Waals surface area contributed by atoms with Crippen molar-refractivity contribution >= 4 is 39.9 Å². The quantitative estimate of drug-likeness (QED) is 0.662. The molecule has 7 heteroatoms. The number of quaternary nitrogens is 1. The summed E-state index contributed by atoms with van der Waals surface area (Å²) in [7, 11) is 0. The largest absolute Gasteiger partial charge is 0.365 e. The van der Waals surface area contributed by atoms with Crippen LogP contribution in [0, 0.1) is 0 Å². The number of rotatable bonds is 6. The van der Waals surface area contributed by atoms with Gasteiger partial charge in [0.25, 0.3) is 11.8 Å². The SMILES string of the molecule is CCSc1ccccc1C(=O)Nc1sc2c(c1C(N)=O)CC[NH+](CC)C2. The summed E-state index contributed by atoms with van der Waals surface area (Å²) in [5, 5.41) is 3.54. The molecule has 1 unspecified atom stereocenters. The summed E-state index contributed by atoms with van der Waals surface area (Å²) < 4.78 is 0. The number of likely N-dealkylation sites (N-methyl/N-ethyl adjacent to an activating group) is 1. The molecule has 0 fully saturated rings. The van der Waals surface area contributed by atoms with E-state index >= 15 is 0 Å². The molecule has 2 amide bonds. The molecule has 1 aromatic carbocycles. The number of fused-ring (bicyclic) bond motifs is 1. The summed E-state index contributed by atoms with van der Waals surface area (Å²) >= 11 is 3.12. The number of primary amides is 1. The van der Waals surface area contributed by atoms with Crippen LogP contribution in [-0.2, 0) is 13.0 Å². The van der Waals surface area contributed by atoms with Crippen LogP contribution in [0.2, 0.25) is 0 Å². The van der Waals surface area contributed by atoms with Gasteiger partial charge in [0.1, 0.15) is 11.5 Å². The fourth-order valence-electron chi connectivity index (χ4n) is 3.29. The minimum absolute atomic E-state index is 0.192. The molecule has 4 N–H and O–H groups in total. The minimum atomic E-state index is -0.464. The zero-order valence-electron chi connectivity index (χ0n) is 15.1. The van der Waals surface area contributed by atoms with Gasteiger partial charge in [-0.15, -0.1) is 23.1 Å². The van der Waals surface area contributed by atoms with E-state index in [0.717, 1.165) is 47.1 Å². The highest BCUT2D eigenvalue weighted by atomic mass is 32.2. The summed E-state index contributed by atoms with van der Waals surface area (Å²) in [6.07, 6.45) is 0.825. The van der Waals surface area contributed by atoms with E-state index in [0.29, 0.717) is 16.1 Å². The Labute approximate surface area is 162 Å². The first-order chi connectivity index (χ1) is 12.5. The highest BCUT2D eigenvalue weighted by Crippen LogP contribution is 2.35. The molecule has 0 spiro atoms. The topological polar surface area (TPSA) is 76.6 Å². The third kappa shape index (κ3) is 3.79. The molecule has 138 valence electrons. The van der Waals surface area contributed by atoms with Gasteiger partial charge in [-0.1, -0.05) is 19.1 Å². The van der Waals surface area contributed by atoms with Crippen LogP contribution in [-0.4, -0.2) is 30.7 Å². The van der Waals surface area contributed by atoms with Gasteiger partial charge in [0, 0.05) is 11.3 Å². The summed E-state index contributed by atoms with van der Waals surface area (Å²) in [5.41, 5.74) is 7.79. The molecule has 3 rings (SSSR count). The molecule has 0 saturated heterocycles. The second-order valence-corrected chi connectivity index (χ2v) is 8.65. The Balaban J connectivity index is 1.92. The number of hydrogen-bond acceptors (Lipinski definition) is 4. The third-order valence-corrected chi connectivity index (χ3v) is 6.74. The van der Waals surface area contributed by atoms with Gasteiger partial charge in [0.05, 0.1) is 29.1 Å². The average Bonchev–Trinajstić information content (AvgIpc) is 2.99. The van der Waals surface area contributed by atoms with Crippen molar-refractivity contribution in [3.05, 3.63) is 45.8 Å².